The van der Waals surface area contributed by atoms with Gasteiger partial charge in [0.2, 0.25) is 17.8 Å². The number of fused-ring (bicyclic) bond motifs is 1. The Balaban J connectivity index is 0.882. The predicted octanol–water partition coefficient (Wildman–Crippen LogP) is 8.42. The molecule has 5 aromatic rings. The van der Waals surface area contributed by atoms with E-state index >= 15 is 8.78 Å². The number of aromatic nitrogens is 3. The monoisotopic (exact) mass is 974 g/mol. The van der Waals surface area contributed by atoms with Gasteiger partial charge >= 0.3 is 0 Å². The van der Waals surface area contributed by atoms with Crippen molar-refractivity contribution in [2.45, 2.75) is 71.2 Å². The van der Waals surface area contributed by atoms with Crippen LogP contribution in [0.25, 0.3) is 10.9 Å². The molecule has 1 unspecified atom stereocenters. The Bertz CT molecular complexity index is 2780. The Morgan fingerprint density at radius 2 is 1.69 bits per heavy atom. The van der Waals surface area contributed by atoms with Crippen molar-refractivity contribution in [1.29, 1.82) is 0 Å². The lowest BCUT2D eigenvalue weighted by Gasteiger charge is -2.43. The van der Waals surface area contributed by atoms with E-state index in [1.54, 1.807) is 24.8 Å². The summed E-state index contributed by atoms with van der Waals surface area (Å²) in [6.45, 7) is 15.7. The molecule has 0 saturated carbocycles. The number of hydrogen-bond donors (Lipinski definition) is 3. The fourth-order valence-corrected chi connectivity index (χ4v) is 10.9. The molecule has 2 aromatic heterocycles. The minimum atomic E-state index is -2.76. The normalized spacial score (nSPS) is 20.6. The molecular weight excluding hydrogens is 915 g/mol. The van der Waals surface area contributed by atoms with E-state index in [0.717, 1.165) is 104 Å². The number of imide groups is 1. The van der Waals surface area contributed by atoms with Crippen LogP contribution in [-0.4, -0.2) is 108 Å². The number of anilines is 5. The first kappa shape index (κ1) is 42.6. The van der Waals surface area contributed by atoms with Crippen LogP contribution < -0.4 is 30.9 Å². The number of ether oxygens (including phenoxy) is 1. The predicted molar refractivity (Wildman–Crippen MR) is 257 cm³/mol. The smallest absolute Gasteiger partial charge is 0.234 e. The molecule has 13 nitrogen and oxygen atoms in total. The van der Waals surface area contributed by atoms with Crippen molar-refractivity contribution in [3.63, 3.8) is 0 Å². The van der Waals surface area contributed by atoms with Gasteiger partial charge in [0.25, 0.3) is 0 Å². The summed E-state index contributed by atoms with van der Waals surface area (Å²) in [7, 11) is -2.76. The van der Waals surface area contributed by atoms with Gasteiger partial charge in [0.1, 0.15) is 30.3 Å². The topological polar surface area (TPSA) is 145 Å². The van der Waals surface area contributed by atoms with E-state index in [2.05, 4.69) is 70.3 Å². The number of piperidine rings is 2. The maximum Gasteiger partial charge on any atom is 0.234 e. The van der Waals surface area contributed by atoms with Crippen LogP contribution in [0.1, 0.15) is 71.9 Å². The van der Waals surface area contributed by atoms with Gasteiger partial charge in [-0.3, -0.25) is 24.8 Å². The highest BCUT2D eigenvalue weighted by molar-refractivity contribution is 9.10. The number of amides is 2. The number of benzene rings is 3. The lowest BCUT2D eigenvalue weighted by Crippen LogP contribution is -2.53. The van der Waals surface area contributed by atoms with Gasteiger partial charge in [-0.15, -0.1) is 0 Å². The zero-order chi connectivity index (χ0) is 48.7. The molecule has 1 atom stereocenters. The van der Waals surface area contributed by atoms with Crippen molar-refractivity contribution in [1.82, 2.24) is 30.1 Å². The molecule has 17 heteroatoms. The summed E-state index contributed by atoms with van der Waals surface area (Å²) in [4.78, 5) is 45.7. The Kier molecular flexibility index (Phi) is 13.0. The summed E-state index contributed by atoms with van der Waals surface area (Å²) in [6, 6.07) is 14.6. The second kappa shape index (κ2) is 19.8. The first-order chi connectivity index (χ1) is 32.3. The number of pyridine rings is 1. The fraction of sp³-hybridized carbons (Fsp3) is 0.438. The van der Waals surface area contributed by atoms with Gasteiger partial charge < -0.3 is 29.7 Å². The van der Waals surface area contributed by atoms with E-state index < -0.39 is 54.8 Å². The molecule has 3 saturated heterocycles. The van der Waals surface area contributed by atoms with Crippen molar-refractivity contribution in [2.24, 2.45) is 0 Å². The summed E-state index contributed by atoms with van der Waals surface area (Å²) < 4.78 is 75.5. The van der Waals surface area contributed by atoms with Crippen LogP contribution in [0, 0.1) is 18.6 Å². The Morgan fingerprint density at radius 3 is 2.38 bits per heavy atom. The third kappa shape index (κ3) is 10.5. The van der Waals surface area contributed by atoms with E-state index in [1.165, 1.54) is 0 Å². The SMILES string of the molecule is [2H]C1([2H])CC([2H])(c2c(F)cc(CCN3CCN(C4CCN(c5cc(OCC)c(Nc6ncc(Br)c(Nc7ccc8nc(C)ccc8c7P(C)(C)=O)n6)cc5CC)CC4)CC3)cc2F)C(=O)NC1=O. The van der Waals surface area contributed by atoms with E-state index in [-0.39, 0.29) is 0 Å². The molecule has 3 fully saturated rings. The van der Waals surface area contributed by atoms with Crippen LogP contribution >= 0.6 is 23.1 Å². The number of carbonyl (C=O) groups excluding carboxylic acids is 2. The average molecular weight is 976 g/mol. The summed E-state index contributed by atoms with van der Waals surface area (Å²) in [5.74, 6) is -5.74. The van der Waals surface area contributed by atoms with E-state index in [9.17, 15) is 14.2 Å². The van der Waals surface area contributed by atoms with Crippen LogP contribution in [0.5, 0.6) is 5.75 Å². The van der Waals surface area contributed by atoms with E-state index in [0.29, 0.717) is 64.2 Å². The standard InChI is InChI=1S/C48H57BrF2N9O4P/c1-6-31-26-40(55-48-52-28-35(49)46(57-48)54-39-12-11-38-33(9-8-29(3)53-38)45(39)65(4,5)63)42(64-7-2)27-41(31)60-18-15-32(16-19-60)59-22-20-58(21-23-59)17-14-30-24-36(50)44(37(51)25-30)34-10-13-43(61)56-47(34)62/h8-9,11-12,24-28,32,34H,6-7,10,13-23H2,1-5H3,(H,56,61,62)(H2,52,54,55,57)/i13D2,34D. The van der Waals surface area contributed by atoms with Gasteiger partial charge in [-0.25, -0.2) is 13.8 Å². The van der Waals surface area contributed by atoms with Crippen LogP contribution in [0.2, 0.25) is 0 Å². The lowest BCUT2D eigenvalue weighted by atomic mass is 9.89. The molecule has 8 rings (SSSR count). The number of aryl methyl sites for hydroxylation is 2. The maximum absolute atomic E-state index is 15.4. The van der Waals surface area contributed by atoms with Crippen molar-refractivity contribution < 1.29 is 31.8 Å². The minimum absolute atomic E-state index is 0.350. The Labute approximate surface area is 391 Å². The number of carbonyl (C=O) groups is 2. The van der Waals surface area contributed by atoms with Crippen molar-refractivity contribution in [2.75, 3.05) is 81.3 Å². The molecule has 3 aromatic carbocycles. The number of halogens is 3. The number of nitrogens with one attached hydrogen (secondary N) is 3. The number of piperazine rings is 1. The van der Waals surface area contributed by atoms with E-state index in [1.807, 2.05) is 38.1 Å². The zero-order valence-electron chi connectivity index (χ0n) is 40.4. The van der Waals surface area contributed by atoms with Gasteiger partial charge in [-0.2, -0.15) is 4.98 Å². The molecule has 3 aliphatic rings. The molecule has 5 heterocycles. The summed E-state index contributed by atoms with van der Waals surface area (Å²) in [5, 5.41) is 10.1. The van der Waals surface area contributed by atoms with E-state index in [4.69, 9.17) is 13.8 Å². The lowest BCUT2D eigenvalue weighted by molar-refractivity contribution is -0.134. The Morgan fingerprint density at radius 1 is 0.954 bits per heavy atom. The van der Waals surface area contributed by atoms with Gasteiger partial charge in [0.05, 0.1) is 33.9 Å². The molecule has 0 aliphatic carbocycles. The van der Waals surface area contributed by atoms with Crippen molar-refractivity contribution in [3.05, 3.63) is 93.2 Å². The molecule has 2 amide bonds. The fourth-order valence-electron chi connectivity index (χ4n) is 9.14. The molecule has 3 aliphatic heterocycles. The van der Waals surface area contributed by atoms with Gasteiger partial charge in [0.15, 0.2) is 0 Å². The van der Waals surface area contributed by atoms with Crippen LogP contribution in [0.3, 0.4) is 0 Å². The quantitative estimate of drug-likeness (QED) is 0.0726. The molecule has 344 valence electrons. The second-order valence-electron chi connectivity index (χ2n) is 17.1. The molecular formula is C48H57BrF2N9O4P. The van der Waals surface area contributed by atoms with Gasteiger partial charge in [-0.05, 0) is 123 Å². The molecule has 0 bridgehead atoms. The second-order valence-corrected chi connectivity index (χ2v) is 21.1. The molecule has 0 spiro atoms. The van der Waals surface area contributed by atoms with Crippen LogP contribution in [0.15, 0.2) is 59.2 Å². The molecule has 3 N–H and O–H groups in total. The first-order valence-electron chi connectivity index (χ1n) is 23.7. The number of nitrogens with zero attached hydrogens (tertiary/aromatic N) is 6. The van der Waals surface area contributed by atoms with Crippen LogP contribution in [0.4, 0.5) is 37.6 Å². The average Bonchev–Trinajstić information content (AvgIpc) is 3.28. The minimum Gasteiger partial charge on any atom is -0.492 e. The largest absolute Gasteiger partial charge is 0.492 e. The highest BCUT2D eigenvalue weighted by Gasteiger charge is 2.33. The van der Waals surface area contributed by atoms with Gasteiger partial charge in [0, 0.05) is 102 Å². The third-order valence-electron chi connectivity index (χ3n) is 12.4. The highest BCUT2D eigenvalue weighted by Crippen LogP contribution is 2.42. The highest BCUT2D eigenvalue weighted by atomic mass is 79.9. The Hall–Kier alpha value is -5.02. The molecule has 65 heavy (non-hydrogen) atoms. The van der Waals surface area contributed by atoms with Crippen molar-refractivity contribution >= 4 is 79.9 Å². The summed E-state index contributed by atoms with van der Waals surface area (Å²) in [6.07, 6.45) is 1.20. The summed E-state index contributed by atoms with van der Waals surface area (Å²) >= 11 is 3.61. The number of rotatable bonds is 14. The number of hydrogen-bond acceptors (Lipinski definition) is 12. The third-order valence-corrected chi connectivity index (χ3v) is 14.5. The maximum atomic E-state index is 15.4. The first-order valence-corrected chi connectivity index (χ1v) is 25.5. The summed E-state index contributed by atoms with van der Waals surface area (Å²) in [5.41, 5.74) is 4.92. The van der Waals surface area contributed by atoms with Gasteiger partial charge in [-0.1, -0.05) is 13.0 Å². The van der Waals surface area contributed by atoms with Crippen LogP contribution in [-0.2, 0) is 27.0 Å². The zero-order valence-corrected chi connectivity index (χ0v) is 39.8. The molecule has 0 radical (unpaired) electrons. The van der Waals surface area contributed by atoms with Crippen molar-refractivity contribution in [3.8, 4) is 5.75 Å².